The van der Waals surface area contributed by atoms with Gasteiger partial charge in [-0.25, -0.2) is 0 Å². The van der Waals surface area contributed by atoms with Crippen LogP contribution in [0.3, 0.4) is 0 Å². The average Bonchev–Trinajstić information content (AvgIpc) is 2.16. The molecule has 0 spiro atoms. The second-order valence-corrected chi connectivity index (χ2v) is 3.81. The molecule has 1 rings (SSSR count). The molecule has 0 N–H and O–H groups in total. The molecular formula is C12H17ClO. The Morgan fingerprint density at radius 1 is 1.21 bits per heavy atom. The number of ether oxygens (including phenoxy) is 1. The lowest BCUT2D eigenvalue weighted by Crippen LogP contribution is -1.99. The number of rotatable bonds is 4. The Morgan fingerprint density at radius 2 is 1.79 bits per heavy atom. The van der Waals surface area contributed by atoms with Crippen LogP contribution in [-0.2, 0) is 5.88 Å². The molecule has 0 amide bonds. The highest BCUT2D eigenvalue weighted by atomic mass is 35.5. The molecule has 0 aromatic heterocycles. The molecule has 1 nitrogen and oxygen atoms in total. The third-order valence-electron chi connectivity index (χ3n) is 2.12. The van der Waals surface area contributed by atoms with E-state index < -0.39 is 0 Å². The molecular weight excluding hydrogens is 196 g/mol. The minimum atomic E-state index is 0.565. The van der Waals surface area contributed by atoms with Crippen LogP contribution in [0.25, 0.3) is 0 Å². The van der Waals surface area contributed by atoms with Gasteiger partial charge in [-0.2, -0.15) is 0 Å². The molecule has 1 aromatic rings. The normalized spacial score (nSPS) is 10.3. The number of hydrogen-bond acceptors (Lipinski definition) is 1. The first-order valence-electron chi connectivity index (χ1n) is 4.98. The van der Waals surface area contributed by atoms with E-state index in [0.29, 0.717) is 5.88 Å². The van der Waals surface area contributed by atoms with Crippen molar-refractivity contribution in [1.29, 1.82) is 0 Å². The van der Waals surface area contributed by atoms with Gasteiger partial charge in [0.1, 0.15) is 5.75 Å². The molecule has 14 heavy (non-hydrogen) atoms. The molecule has 1 aromatic carbocycles. The van der Waals surface area contributed by atoms with Gasteiger partial charge in [0, 0.05) is 5.88 Å². The number of aryl methyl sites for hydroxylation is 2. The zero-order valence-corrected chi connectivity index (χ0v) is 9.82. The smallest absolute Gasteiger partial charge is 0.125 e. The van der Waals surface area contributed by atoms with Gasteiger partial charge in [-0.15, -0.1) is 11.6 Å². The summed E-state index contributed by atoms with van der Waals surface area (Å²) in [5.74, 6) is 1.58. The van der Waals surface area contributed by atoms with Gasteiger partial charge in [0.2, 0.25) is 0 Å². The van der Waals surface area contributed by atoms with Crippen LogP contribution >= 0.6 is 11.6 Å². The van der Waals surface area contributed by atoms with Crippen LogP contribution in [0.1, 0.15) is 30.0 Å². The maximum Gasteiger partial charge on any atom is 0.125 e. The van der Waals surface area contributed by atoms with E-state index in [1.165, 1.54) is 11.1 Å². The van der Waals surface area contributed by atoms with Crippen LogP contribution in [-0.4, -0.2) is 6.61 Å². The Bertz CT molecular complexity index is 284. The first kappa shape index (κ1) is 11.4. The fraction of sp³-hybridized carbons (Fsp3) is 0.500. The molecule has 0 aliphatic rings. The first-order chi connectivity index (χ1) is 6.69. The monoisotopic (exact) mass is 212 g/mol. The molecule has 0 atom stereocenters. The summed E-state index contributed by atoms with van der Waals surface area (Å²) in [6.45, 7) is 7.02. The molecule has 0 radical (unpaired) electrons. The molecule has 78 valence electrons. The van der Waals surface area contributed by atoms with Gasteiger partial charge in [0.05, 0.1) is 6.61 Å². The highest BCUT2D eigenvalue weighted by Crippen LogP contribution is 2.25. The van der Waals surface area contributed by atoms with Gasteiger partial charge in [0.15, 0.2) is 0 Å². The minimum absolute atomic E-state index is 0.565. The number of hydrogen-bond donors (Lipinski definition) is 0. The summed E-state index contributed by atoms with van der Waals surface area (Å²) < 4.78 is 5.67. The topological polar surface area (TPSA) is 9.23 Å². The van der Waals surface area contributed by atoms with E-state index in [-0.39, 0.29) is 0 Å². The van der Waals surface area contributed by atoms with Crippen LogP contribution in [0.2, 0.25) is 0 Å². The van der Waals surface area contributed by atoms with E-state index in [1.807, 2.05) is 0 Å². The van der Waals surface area contributed by atoms with Crippen molar-refractivity contribution < 1.29 is 4.74 Å². The van der Waals surface area contributed by atoms with Crippen LogP contribution < -0.4 is 4.74 Å². The van der Waals surface area contributed by atoms with Crippen LogP contribution in [0.5, 0.6) is 5.75 Å². The van der Waals surface area contributed by atoms with Gasteiger partial charge in [-0.05, 0) is 37.0 Å². The minimum Gasteiger partial charge on any atom is -0.493 e. The summed E-state index contributed by atoms with van der Waals surface area (Å²) in [6.07, 6.45) is 1.04. The number of benzene rings is 1. The van der Waals surface area contributed by atoms with Gasteiger partial charge in [-0.1, -0.05) is 19.1 Å². The summed E-state index contributed by atoms with van der Waals surface area (Å²) in [6, 6.07) is 4.18. The third-order valence-corrected chi connectivity index (χ3v) is 2.43. The number of halogens is 1. The molecule has 0 bridgehead atoms. The predicted octanol–water partition coefficient (Wildman–Crippen LogP) is 3.83. The van der Waals surface area contributed by atoms with Gasteiger partial charge in [-0.3, -0.25) is 0 Å². The Labute approximate surface area is 91.0 Å². The summed E-state index contributed by atoms with van der Waals surface area (Å²) >= 11 is 5.79. The summed E-state index contributed by atoms with van der Waals surface area (Å²) in [5, 5.41) is 0. The van der Waals surface area contributed by atoms with Crippen LogP contribution in [0.4, 0.5) is 0 Å². The highest BCUT2D eigenvalue weighted by molar-refractivity contribution is 6.17. The largest absolute Gasteiger partial charge is 0.493 e. The maximum absolute atomic E-state index is 5.79. The molecule has 0 saturated carbocycles. The molecule has 0 aliphatic carbocycles. The Balaban J connectivity index is 2.93. The van der Waals surface area contributed by atoms with E-state index in [1.54, 1.807) is 0 Å². The molecule has 0 unspecified atom stereocenters. The van der Waals surface area contributed by atoms with Crippen molar-refractivity contribution in [1.82, 2.24) is 0 Å². The van der Waals surface area contributed by atoms with Gasteiger partial charge in [0.25, 0.3) is 0 Å². The summed E-state index contributed by atoms with van der Waals surface area (Å²) in [7, 11) is 0. The van der Waals surface area contributed by atoms with E-state index >= 15 is 0 Å². The quantitative estimate of drug-likeness (QED) is 0.690. The van der Waals surface area contributed by atoms with E-state index in [2.05, 4.69) is 32.9 Å². The van der Waals surface area contributed by atoms with Crippen molar-refractivity contribution in [3.63, 3.8) is 0 Å². The van der Waals surface area contributed by atoms with Gasteiger partial charge < -0.3 is 4.74 Å². The molecule has 2 heteroatoms. The van der Waals surface area contributed by atoms with Crippen molar-refractivity contribution in [3.8, 4) is 5.75 Å². The van der Waals surface area contributed by atoms with Crippen molar-refractivity contribution in [2.45, 2.75) is 33.1 Å². The lowest BCUT2D eigenvalue weighted by molar-refractivity contribution is 0.313. The maximum atomic E-state index is 5.79. The van der Waals surface area contributed by atoms with Crippen molar-refractivity contribution in [3.05, 3.63) is 28.8 Å². The van der Waals surface area contributed by atoms with Crippen LogP contribution in [0.15, 0.2) is 12.1 Å². The third kappa shape index (κ3) is 2.65. The fourth-order valence-corrected chi connectivity index (χ4v) is 1.70. The number of alkyl halides is 1. The van der Waals surface area contributed by atoms with Crippen molar-refractivity contribution >= 4 is 11.6 Å². The van der Waals surface area contributed by atoms with Crippen molar-refractivity contribution in [2.75, 3.05) is 6.61 Å². The van der Waals surface area contributed by atoms with E-state index in [4.69, 9.17) is 16.3 Å². The second kappa shape index (κ2) is 5.26. The van der Waals surface area contributed by atoms with E-state index in [9.17, 15) is 0 Å². The standard InChI is InChI=1S/C12H17ClO/c1-4-5-14-12-9(2)6-11(8-13)7-10(12)3/h6-7H,4-5,8H2,1-3H3. The fourth-order valence-electron chi connectivity index (χ4n) is 1.55. The highest BCUT2D eigenvalue weighted by Gasteiger charge is 2.05. The van der Waals surface area contributed by atoms with Gasteiger partial charge >= 0.3 is 0 Å². The van der Waals surface area contributed by atoms with Crippen LogP contribution in [0, 0.1) is 13.8 Å². The summed E-state index contributed by atoms with van der Waals surface area (Å²) in [5.41, 5.74) is 3.51. The first-order valence-corrected chi connectivity index (χ1v) is 5.51. The molecule has 0 saturated heterocycles. The Morgan fingerprint density at radius 3 is 2.21 bits per heavy atom. The average molecular weight is 213 g/mol. The SMILES string of the molecule is CCCOc1c(C)cc(CCl)cc1C. The lowest BCUT2D eigenvalue weighted by atomic mass is 10.1. The lowest BCUT2D eigenvalue weighted by Gasteiger charge is -2.12. The second-order valence-electron chi connectivity index (χ2n) is 3.54. The molecule has 0 fully saturated rings. The molecule has 0 aliphatic heterocycles. The summed E-state index contributed by atoms with van der Waals surface area (Å²) in [4.78, 5) is 0. The Hall–Kier alpha value is -0.690. The molecule has 0 heterocycles. The predicted molar refractivity (Wildman–Crippen MR) is 61.3 cm³/mol. The zero-order valence-electron chi connectivity index (χ0n) is 9.06. The zero-order chi connectivity index (χ0) is 10.6. The van der Waals surface area contributed by atoms with Crippen molar-refractivity contribution in [2.24, 2.45) is 0 Å². The van der Waals surface area contributed by atoms with E-state index in [0.717, 1.165) is 24.3 Å². The Kier molecular flexibility index (Phi) is 4.27.